The molecule has 0 bridgehead atoms. The summed E-state index contributed by atoms with van der Waals surface area (Å²) in [6.07, 6.45) is 2.76. The Morgan fingerprint density at radius 3 is 2.68 bits per heavy atom. The summed E-state index contributed by atoms with van der Waals surface area (Å²) < 4.78 is 5.08. The summed E-state index contributed by atoms with van der Waals surface area (Å²) in [5.74, 6) is -0.101. The highest BCUT2D eigenvalue weighted by molar-refractivity contribution is 7.17. The molecular weight excluding hydrogens is 444 g/mol. The van der Waals surface area contributed by atoms with Gasteiger partial charge >= 0.3 is 5.97 Å². The number of carbonyl (C=O) groups is 2. The van der Waals surface area contributed by atoms with Crippen LogP contribution in [0.25, 0.3) is 22.2 Å². The van der Waals surface area contributed by atoms with E-state index in [1.54, 1.807) is 0 Å². The second-order valence-corrected chi connectivity index (χ2v) is 10.00. The fourth-order valence-electron chi connectivity index (χ4n) is 4.66. The van der Waals surface area contributed by atoms with Crippen LogP contribution in [-0.2, 0) is 17.6 Å². The fourth-order valence-corrected chi connectivity index (χ4v) is 6.06. The molecule has 2 aromatic heterocycles. The van der Waals surface area contributed by atoms with E-state index in [4.69, 9.17) is 9.72 Å². The van der Waals surface area contributed by atoms with Crippen molar-refractivity contribution in [3.8, 4) is 11.3 Å². The zero-order valence-electron chi connectivity index (χ0n) is 19.5. The molecule has 2 aromatic carbocycles. The topological polar surface area (TPSA) is 68.3 Å². The van der Waals surface area contributed by atoms with Crippen LogP contribution in [0.3, 0.4) is 0 Å². The predicted molar refractivity (Wildman–Crippen MR) is 137 cm³/mol. The van der Waals surface area contributed by atoms with Crippen LogP contribution < -0.4 is 5.32 Å². The molecule has 5 rings (SSSR count). The van der Waals surface area contributed by atoms with Crippen molar-refractivity contribution in [3.63, 3.8) is 0 Å². The van der Waals surface area contributed by atoms with Crippen molar-refractivity contribution in [2.24, 2.45) is 5.92 Å². The van der Waals surface area contributed by atoms with E-state index in [0.29, 0.717) is 22.0 Å². The molecule has 0 unspecified atom stereocenters. The van der Waals surface area contributed by atoms with E-state index in [1.165, 1.54) is 18.4 Å². The second kappa shape index (κ2) is 9.03. The number of rotatable bonds is 4. The van der Waals surface area contributed by atoms with Crippen LogP contribution in [0, 0.1) is 12.8 Å². The Morgan fingerprint density at radius 1 is 1.12 bits per heavy atom. The van der Waals surface area contributed by atoms with E-state index >= 15 is 0 Å². The van der Waals surface area contributed by atoms with Crippen LogP contribution in [0.2, 0.25) is 0 Å². The minimum atomic E-state index is -0.400. The van der Waals surface area contributed by atoms with Gasteiger partial charge < -0.3 is 10.1 Å². The molecule has 0 fully saturated rings. The predicted octanol–water partition coefficient (Wildman–Crippen LogP) is 6.44. The summed E-state index contributed by atoms with van der Waals surface area (Å²) in [5, 5.41) is 4.40. The van der Waals surface area contributed by atoms with E-state index in [9.17, 15) is 9.59 Å². The van der Waals surface area contributed by atoms with Crippen molar-refractivity contribution >= 4 is 39.1 Å². The molecule has 0 radical (unpaired) electrons. The molecule has 172 valence electrons. The van der Waals surface area contributed by atoms with Crippen LogP contribution in [0.15, 0.2) is 54.6 Å². The number of nitrogens with one attached hydrogen (secondary N) is 1. The Morgan fingerprint density at radius 2 is 1.91 bits per heavy atom. The highest BCUT2D eigenvalue weighted by atomic mass is 32.1. The Kier molecular flexibility index (Phi) is 5.92. The maximum Gasteiger partial charge on any atom is 0.341 e. The van der Waals surface area contributed by atoms with E-state index < -0.39 is 5.97 Å². The normalized spacial score (nSPS) is 15.1. The zero-order valence-corrected chi connectivity index (χ0v) is 20.3. The van der Waals surface area contributed by atoms with Crippen LogP contribution in [0.4, 0.5) is 5.00 Å². The lowest BCUT2D eigenvalue weighted by atomic mass is 9.88. The average Bonchev–Trinajstić information content (AvgIpc) is 3.20. The van der Waals surface area contributed by atoms with Crippen LogP contribution in [0.1, 0.15) is 50.1 Å². The van der Waals surface area contributed by atoms with Crippen molar-refractivity contribution in [1.82, 2.24) is 4.98 Å². The molecule has 2 heterocycles. The average molecular weight is 471 g/mol. The summed E-state index contributed by atoms with van der Waals surface area (Å²) in [5.41, 5.74) is 5.52. The van der Waals surface area contributed by atoms with Gasteiger partial charge in [-0.25, -0.2) is 9.78 Å². The third-order valence-corrected chi connectivity index (χ3v) is 7.65. The van der Waals surface area contributed by atoms with E-state index in [1.807, 2.05) is 61.5 Å². The number of aromatic nitrogens is 1. The second-order valence-electron chi connectivity index (χ2n) is 8.89. The van der Waals surface area contributed by atoms with E-state index in [0.717, 1.165) is 57.4 Å². The minimum Gasteiger partial charge on any atom is -0.465 e. The van der Waals surface area contributed by atoms with Gasteiger partial charge in [-0.15, -0.1) is 11.3 Å². The molecule has 1 aliphatic rings. The van der Waals surface area contributed by atoms with Gasteiger partial charge in [-0.3, -0.25) is 4.79 Å². The monoisotopic (exact) mass is 470 g/mol. The molecule has 1 atom stereocenters. The molecule has 1 amide bonds. The van der Waals surface area contributed by atoms with Gasteiger partial charge in [-0.2, -0.15) is 0 Å². The molecule has 4 aromatic rings. The molecule has 1 N–H and O–H groups in total. The smallest absolute Gasteiger partial charge is 0.341 e. The number of carbonyl (C=O) groups excluding carboxylic acids is 2. The first-order chi connectivity index (χ1) is 16.5. The number of para-hydroxylation sites is 1. The maximum atomic E-state index is 13.7. The van der Waals surface area contributed by atoms with Crippen LogP contribution >= 0.6 is 11.3 Å². The quantitative estimate of drug-likeness (QED) is 0.349. The molecule has 0 aliphatic heterocycles. The third kappa shape index (κ3) is 3.99. The Bertz CT molecular complexity index is 1410. The third-order valence-electron chi connectivity index (χ3n) is 6.48. The number of thiophene rings is 1. The number of hydrogen-bond donors (Lipinski definition) is 1. The Labute approximate surface area is 202 Å². The molecule has 0 spiro atoms. The number of benzene rings is 2. The van der Waals surface area contributed by atoms with Gasteiger partial charge in [-0.05, 0) is 49.3 Å². The lowest BCUT2D eigenvalue weighted by Gasteiger charge is -2.18. The molecule has 0 saturated heterocycles. The summed E-state index contributed by atoms with van der Waals surface area (Å²) in [7, 11) is 1.38. The SMILES string of the molecule is COC(=O)c1c(NC(=O)c2cc(-c3ccccc3)nc3c(C)cccc23)sc2c1CC[C@@H](C)C2. The molecule has 5 nitrogen and oxygen atoms in total. The van der Waals surface area contributed by atoms with Gasteiger partial charge in [0, 0.05) is 15.8 Å². The van der Waals surface area contributed by atoms with Crippen molar-refractivity contribution in [1.29, 1.82) is 0 Å². The van der Waals surface area contributed by atoms with Gasteiger partial charge in [0.2, 0.25) is 0 Å². The molecular formula is C28H26N2O3S. The van der Waals surface area contributed by atoms with Crippen molar-refractivity contribution < 1.29 is 14.3 Å². The van der Waals surface area contributed by atoms with E-state index in [-0.39, 0.29) is 5.91 Å². The Hall–Kier alpha value is -3.51. The maximum absolute atomic E-state index is 13.7. The number of esters is 1. The van der Waals surface area contributed by atoms with Crippen molar-refractivity contribution in [3.05, 3.63) is 81.7 Å². The lowest BCUT2D eigenvalue weighted by molar-refractivity contribution is 0.0601. The largest absolute Gasteiger partial charge is 0.465 e. The first kappa shape index (κ1) is 22.3. The molecule has 6 heteroatoms. The highest BCUT2D eigenvalue weighted by Crippen LogP contribution is 2.40. The summed E-state index contributed by atoms with van der Waals surface area (Å²) in [4.78, 5) is 32.4. The van der Waals surface area contributed by atoms with Crippen LogP contribution in [0.5, 0.6) is 0 Å². The number of nitrogens with zero attached hydrogens (tertiary/aromatic N) is 1. The number of fused-ring (bicyclic) bond motifs is 2. The molecule has 1 aliphatic carbocycles. The van der Waals surface area contributed by atoms with Gasteiger partial charge in [-0.1, -0.05) is 55.5 Å². The number of aryl methyl sites for hydroxylation is 1. The van der Waals surface area contributed by atoms with Crippen molar-refractivity contribution in [2.75, 3.05) is 12.4 Å². The number of methoxy groups -OCH3 is 1. The van der Waals surface area contributed by atoms with Gasteiger partial charge in [0.05, 0.1) is 29.4 Å². The summed E-state index contributed by atoms with van der Waals surface area (Å²) >= 11 is 1.49. The van der Waals surface area contributed by atoms with Gasteiger partial charge in [0.1, 0.15) is 5.00 Å². The van der Waals surface area contributed by atoms with Gasteiger partial charge in [0.15, 0.2) is 0 Å². The number of pyridine rings is 1. The van der Waals surface area contributed by atoms with Crippen LogP contribution in [-0.4, -0.2) is 24.0 Å². The minimum absolute atomic E-state index is 0.257. The molecule has 34 heavy (non-hydrogen) atoms. The summed E-state index contributed by atoms with van der Waals surface area (Å²) in [6.45, 7) is 4.21. The lowest BCUT2D eigenvalue weighted by Crippen LogP contribution is -2.16. The first-order valence-electron chi connectivity index (χ1n) is 11.5. The first-order valence-corrected chi connectivity index (χ1v) is 12.3. The Balaban J connectivity index is 1.61. The molecule has 0 saturated carbocycles. The standard InChI is InChI=1S/C28H26N2O3S/c1-16-12-13-20-23(14-16)34-27(24(20)28(32)33-3)30-26(31)21-15-22(18-9-5-4-6-10-18)29-25-17(2)8-7-11-19(21)25/h4-11,15-16H,12-14H2,1-3H3,(H,30,31)/t16-/m1/s1. The number of hydrogen-bond acceptors (Lipinski definition) is 5. The fraction of sp³-hybridized carbons (Fsp3) is 0.250. The number of amides is 1. The zero-order chi connectivity index (χ0) is 23.8. The van der Waals surface area contributed by atoms with Gasteiger partial charge in [0.25, 0.3) is 5.91 Å². The number of ether oxygens (including phenoxy) is 1. The highest BCUT2D eigenvalue weighted by Gasteiger charge is 2.29. The summed E-state index contributed by atoms with van der Waals surface area (Å²) in [6, 6.07) is 17.5. The number of anilines is 1. The van der Waals surface area contributed by atoms with E-state index in [2.05, 4.69) is 12.2 Å². The van der Waals surface area contributed by atoms with Crippen molar-refractivity contribution in [2.45, 2.75) is 33.1 Å².